The van der Waals surface area contributed by atoms with Gasteiger partial charge < -0.3 is 9.40 Å². The Balaban J connectivity index is 1.31. The molecule has 0 saturated carbocycles. The number of rotatable bonds is 11. The average molecular weight is 704 g/mol. The van der Waals surface area contributed by atoms with Gasteiger partial charge in [0.25, 0.3) is 0 Å². The minimum atomic E-state index is -0.593. The van der Waals surface area contributed by atoms with E-state index in [2.05, 4.69) is 32.6 Å². The summed E-state index contributed by atoms with van der Waals surface area (Å²) in [6, 6.07) is 36.9. The van der Waals surface area contributed by atoms with Gasteiger partial charge in [0.2, 0.25) is 5.78 Å². The second-order valence-electron chi connectivity index (χ2n) is 11.0. The van der Waals surface area contributed by atoms with E-state index in [1.165, 1.54) is 6.92 Å². The molecule has 0 radical (unpaired) electrons. The van der Waals surface area contributed by atoms with Gasteiger partial charge in [-0.2, -0.15) is 0 Å². The summed E-state index contributed by atoms with van der Waals surface area (Å²) in [4.78, 5) is 45.0. The van der Waals surface area contributed by atoms with Crippen LogP contribution in [0.3, 0.4) is 0 Å². The molecule has 8 heteroatoms. The molecule has 0 aliphatic rings. The highest BCUT2D eigenvalue weighted by Gasteiger charge is 2.20. The van der Waals surface area contributed by atoms with Crippen LogP contribution in [0.25, 0.3) is 32.9 Å². The minimum absolute atomic E-state index is 0.0739. The number of ketones is 2. The topological polar surface area (TPSA) is 77.7 Å². The summed E-state index contributed by atoms with van der Waals surface area (Å²) < 4.78 is 3.16. The number of Topliss-reactive ketones (excluding diaryl/α,β-unsaturated/α-hetero) is 1. The van der Waals surface area contributed by atoms with Crippen LogP contribution < -0.4 is 0 Å². The van der Waals surface area contributed by atoms with Crippen LogP contribution in [0.5, 0.6) is 0 Å². The van der Waals surface area contributed by atoms with Crippen molar-refractivity contribution in [1.82, 2.24) is 4.57 Å². The third-order valence-electron chi connectivity index (χ3n) is 7.93. The van der Waals surface area contributed by atoms with Crippen molar-refractivity contribution in [2.75, 3.05) is 5.75 Å². The summed E-state index contributed by atoms with van der Waals surface area (Å²) in [5, 5.41) is 5.69. The zero-order valence-corrected chi connectivity index (χ0v) is 28.3. The van der Waals surface area contributed by atoms with Gasteiger partial charge in [-0.15, -0.1) is 11.8 Å². The summed E-state index contributed by atoms with van der Waals surface area (Å²) in [6.45, 7) is 4.04. The summed E-state index contributed by atoms with van der Waals surface area (Å²) >= 11 is 5.03. The highest BCUT2D eigenvalue weighted by molar-refractivity contribution is 9.10. The molecule has 47 heavy (non-hydrogen) atoms. The molecule has 0 unspecified atom stereocenters. The number of hydrogen-bond acceptors (Lipinski definition) is 6. The van der Waals surface area contributed by atoms with E-state index in [1.807, 2.05) is 109 Å². The maximum absolute atomic E-state index is 13.8. The molecule has 0 amide bonds. The fourth-order valence-electron chi connectivity index (χ4n) is 5.62. The summed E-state index contributed by atoms with van der Waals surface area (Å²) in [5.74, 6) is -0.407. The number of hydrogen-bond donors (Lipinski definition) is 0. The maximum Gasteiger partial charge on any atom is 0.331 e. The van der Waals surface area contributed by atoms with E-state index < -0.39 is 5.97 Å². The molecule has 1 heterocycles. The Kier molecular flexibility index (Phi) is 9.80. The zero-order valence-electron chi connectivity index (χ0n) is 25.9. The van der Waals surface area contributed by atoms with Crippen LogP contribution in [0.2, 0.25) is 0 Å². The molecule has 0 atom stereocenters. The van der Waals surface area contributed by atoms with Gasteiger partial charge in [0.15, 0.2) is 5.78 Å². The molecular formula is C39H31BrN2O4S. The lowest BCUT2D eigenvalue weighted by molar-refractivity contribution is -0.140. The number of fused-ring (bicyclic) bond motifs is 3. The minimum Gasteiger partial charge on any atom is -0.341 e. The number of carbonyl (C=O) groups excluding carboxylic acids is 3. The number of thioether (sulfide) groups is 1. The van der Waals surface area contributed by atoms with Crippen LogP contribution in [0.1, 0.15) is 46.5 Å². The number of benzene rings is 5. The van der Waals surface area contributed by atoms with Gasteiger partial charge in [0.1, 0.15) is 5.71 Å². The second kappa shape index (κ2) is 14.3. The molecule has 0 fully saturated rings. The summed E-state index contributed by atoms with van der Waals surface area (Å²) in [7, 11) is 0. The van der Waals surface area contributed by atoms with Gasteiger partial charge in [-0.3, -0.25) is 9.59 Å². The highest BCUT2D eigenvalue weighted by Crippen LogP contribution is 2.32. The van der Waals surface area contributed by atoms with Crippen molar-refractivity contribution in [2.24, 2.45) is 5.16 Å². The van der Waals surface area contributed by atoms with Crippen molar-refractivity contribution in [1.29, 1.82) is 0 Å². The number of aryl methyl sites for hydroxylation is 1. The highest BCUT2D eigenvalue weighted by atomic mass is 79.9. The van der Waals surface area contributed by atoms with Crippen molar-refractivity contribution in [3.8, 4) is 11.1 Å². The van der Waals surface area contributed by atoms with Crippen molar-refractivity contribution in [2.45, 2.75) is 31.7 Å². The van der Waals surface area contributed by atoms with E-state index in [9.17, 15) is 14.4 Å². The first-order valence-electron chi connectivity index (χ1n) is 15.3. The van der Waals surface area contributed by atoms with Crippen LogP contribution in [0.15, 0.2) is 130 Å². The first-order chi connectivity index (χ1) is 22.8. The Labute approximate surface area is 285 Å². The monoisotopic (exact) mass is 702 g/mol. The molecule has 6 nitrogen and oxygen atoms in total. The van der Waals surface area contributed by atoms with E-state index in [-0.39, 0.29) is 17.3 Å². The van der Waals surface area contributed by atoms with E-state index in [4.69, 9.17) is 4.84 Å². The molecule has 1 aromatic heterocycles. The molecule has 0 bridgehead atoms. The smallest absolute Gasteiger partial charge is 0.331 e. The first-order valence-corrected chi connectivity index (χ1v) is 17.0. The van der Waals surface area contributed by atoms with E-state index in [0.29, 0.717) is 35.4 Å². The largest absolute Gasteiger partial charge is 0.341 e. The lowest BCUT2D eigenvalue weighted by atomic mass is 9.98. The fourth-order valence-corrected chi connectivity index (χ4v) is 6.75. The molecule has 0 spiro atoms. The van der Waals surface area contributed by atoms with Crippen molar-refractivity contribution in [3.05, 3.63) is 136 Å². The van der Waals surface area contributed by atoms with Gasteiger partial charge in [-0.05, 0) is 78.7 Å². The predicted molar refractivity (Wildman–Crippen MR) is 193 cm³/mol. The molecule has 0 saturated heterocycles. The van der Waals surface area contributed by atoms with Crippen LogP contribution in [-0.4, -0.2) is 33.6 Å². The van der Waals surface area contributed by atoms with Gasteiger partial charge in [0, 0.05) is 73.5 Å². The molecule has 0 N–H and O–H groups in total. The molecule has 5 aromatic carbocycles. The van der Waals surface area contributed by atoms with Gasteiger partial charge in [0.05, 0.1) is 0 Å². The Bertz CT molecular complexity index is 2140. The van der Waals surface area contributed by atoms with Gasteiger partial charge in [-0.1, -0.05) is 75.7 Å². The molecule has 0 aliphatic heterocycles. The van der Waals surface area contributed by atoms with Crippen LogP contribution in [0.4, 0.5) is 0 Å². The van der Waals surface area contributed by atoms with E-state index in [1.54, 1.807) is 17.8 Å². The average Bonchev–Trinajstić information content (AvgIpc) is 3.42. The third-order valence-corrected chi connectivity index (χ3v) is 9.47. The fraction of sp³-hybridized carbons (Fsp3) is 0.128. The Morgan fingerprint density at radius 2 is 1.34 bits per heavy atom. The Hall–Kier alpha value is -4.79. The van der Waals surface area contributed by atoms with E-state index in [0.717, 1.165) is 42.3 Å². The quantitative estimate of drug-likeness (QED) is 0.0442. The van der Waals surface area contributed by atoms with Crippen molar-refractivity contribution < 1.29 is 19.2 Å². The summed E-state index contributed by atoms with van der Waals surface area (Å²) in [6.07, 6.45) is 0.309. The molecular weight excluding hydrogens is 672 g/mol. The Morgan fingerprint density at radius 1 is 0.745 bits per heavy atom. The normalized spacial score (nSPS) is 11.6. The molecule has 234 valence electrons. The van der Waals surface area contributed by atoms with Crippen LogP contribution >= 0.6 is 27.7 Å². The van der Waals surface area contributed by atoms with Gasteiger partial charge >= 0.3 is 5.97 Å². The number of halogens is 1. The van der Waals surface area contributed by atoms with Crippen LogP contribution in [0, 0.1) is 0 Å². The van der Waals surface area contributed by atoms with Crippen molar-refractivity contribution >= 4 is 72.7 Å². The number of oxime groups is 1. The number of aromatic nitrogens is 1. The predicted octanol–water partition coefficient (Wildman–Crippen LogP) is 9.76. The van der Waals surface area contributed by atoms with Crippen LogP contribution in [-0.2, 0) is 16.2 Å². The standard InChI is InChI=1S/C39H31BrN2O4S/c1-3-42-36-19-13-29(38(44)28-11-9-27(10-12-28)26-7-5-4-6-8-26)23-33(36)34-24-30(14-20-37(34)42)39(45)35(41-46-25(2)43)21-22-47-32-17-15-31(40)16-18-32/h4-20,23-24H,3,21-22H2,1-2H3. The molecule has 0 aliphatic carbocycles. The zero-order chi connectivity index (χ0) is 32.9. The Morgan fingerprint density at radius 3 is 1.98 bits per heavy atom. The number of carbonyl (C=O) groups is 3. The summed E-state index contributed by atoms with van der Waals surface area (Å²) in [5.41, 5.74) is 5.84. The van der Waals surface area contributed by atoms with Crippen molar-refractivity contribution in [3.63, 3.8) is 0 Å². The van der Waals surface area contributed by atoms with E-state index >= 15 is 0 Å². The SMILES string of the molecule is CCn1c2ccc(C(=O)C(CCSc3ccc(Br)cc3)=NOC(C)=O)cc2c2cc(C(=O)c3ccc(-c4ccccc4)cc3)ccc21. The second-order valence-corrected chi connectivity index (χ2v) is 13.1. The molecule has 6 aromatic rings. The third kappa shape index (κ3) is 7.14. The van der Waals surface area contributed by atoms with Gasteiger partial charge in [-0.25, -0.2) is 4.79 Å². The molecule has 6 rings (SSSR count). The lowest BCUT2D eigenvalue weighted by Crippen LogP contribution is -2.16. The maximum atomic E-state index is 13.8. The first kappa shape index (κ1) is 32.2. The lowest BCUT2D eigenvalue weighted by Gasteiger charge is -2.07. The number of nitrogens with zero attached hydrogens (tertiary/aromatic N) is 2.